The monoisotopic (exact) mass is 308 g/mol. The van der Waals surface area contributed by atoms with Crippen molar-refractivity contribution in [1.29, 1.82) is 0 Å². The fourth-order valence-corrected chi connectivity index (χ4v) is 1.67. The number of amides is 2. The Morgan fingerprint density at radius 3 is 2.00 bits per heavy atom. The summed E-state index contributed by atoms with van der Waals surface area (Å²) >= 11 is 0. The lowest BCUT2D eigenvalue weighted by atomic mass is 10.2. The summed E-state index contributed by atoms with van der Waals surface area (Å²) in [7, 11) is 0. The summed E-state index contributed by atoms with van der Waals surface area (Å²) in [5, 5.41) is 4.26. The van der Waals surface area contributed by atoms with Crippen molar-refractivity contribution in [3.05, 3.63) is 60.2 Å². The number of carbonyl (C=O) groups is 2. The number of hydrogen-bond acceptors (Lipinski definition) is 2. The normalized spacial score (nSPS) is 10.9. The second-order valence-electron chi connectivity index (χ2n) is 4.35. The predicted octanol–water partition coefficient (Wildman–Crippen LogP) is 3.44. The molecule has 0 aromatic heterocycles. The van der Waals surface area contributed by atoms with Gasteiger partial charge in [0.15, 0.2) is 0 Å². The standard InChI is InChI=1S/C15H11F3N2O2/c16-15(17,18)14(22)20-12-8-4-7-11(9-12)19-13(21)10-5-2-1-3-6-10/h1-9H,(H,19,21)(H,20,22). The number of alkyl halides is 3. The van der Waals surface area contributed by atoms with Crippen LogP contribution in [0, 0.1) is 0 Å². The molecule has 2 N–H and O–H groups in total. The largest absolute Gasteiger partial charge is 0.471 e. The van der Waals surface area contributed by atoms with Crippen molar-refractivity contribution in [2.75, 3.05) is 10.6 Å². The summed E-state index contributed by atoms with van der Waals surface area (Å²) in [6.07, 6.45) is -4.97. The van der Waals surface area contributed by atoms with E-state index in [1.54, 1.807) is 35.6 Å². The molecule has 0 fully saturated rings. The van der Waals surface area contributed by atoms with Gasteiger partial charge in [0.25, 0.3) is 5.91 Å². The number of benzene rings is 2. The number of rotatable bonds is 3. The highest BCUT2D eigenvalue weighted by molar-refractivity contribution is 6.04. The minimum Gasteiger partial charge on any atom is -0.322 e. The van der Waals surface area contributed by atoms with Gasteiger partial charge < -0.3 is 10.6 Å². The highest BCUT2D eigenvalue weighted by Crippen LogP contribution is 2.20. The average molecular weight is 308 g/mol. The van der Waals surface area contributed by atoms with E-state index in [4.69, 9.17) is 0 Å². The summed E-state index contributed by atoms with van der Waals surface area (Å²) in [6, 6.07) is 13.8. The third-order valence-corrected chi connectivity index (χ3v) is 2.67. The Morgan fingerprint density at radius 2 is 1.41 bits per heavy atom. The summed E-state index contributed by atoms with van der Waals surface area (Å²) in [5.74, 6) is -2.47. The van der Waals surface area contributed by atoms with Crippen molar-refractivity contribution in [2.45, 2.75) is 6.18 Å². The van der Waals surface area contributed by atoms with Crippen LogP contribution in [0.1, 0.15) is 10.4 Å². The third-order valence-electron chi connectivity index (χ3n) is 2.67. The molecule has 0 aliphatic heterocycles. The second-order valence-corrected chi connectivity index (χ2v) is 4.35. The molecule has 114 valence electrons. The summed E-state index contributed by atoms with van der Waals surface area (Å²) in [4.78, 5) is 22.8. The molecule has 0 spiro atoms. The number of halogens is 3. The van der Waals surface area contributed by atoms with Gasteiger partial charge in [-0.3, -0.25) is 9.59 Å². The van der Waals surface area contributed by atoms with Crippen LogP contribution in [0.5, 0.6) is 0 Å². The number of nitrogens with one attached hydrogen (secondary N) is 2. The van der Waals surface area contributed by atoms with Gasteiger partial charge in [-0.1, -0.05) is 24.3 Å². The smallest absolute Gasteiger partial charge is 0.322 e. The molecule has 0 atom stereocenters. The maximum atomic E-state index is 12.2. The van der Waals surface area contributed by atoms with Crippen molar-refractivity contribution in [3.8, 4) is 0 Å². The molecule has 22 heavy (non-hydrogen) atoms. The van der Waals surface area contributed by atoms with Gasteiger partial charge in [-0.2, -0.15) is 13.2 Å². The van der Waals surface area contributed by atoms with Gasteiger partial charge in [0.1, 0.15) is 0 Å². The van der Waals surface area contributed by atoms with Crippen LogP contribution in [0.25, 0.3) is 0 Å². The molecule has 0 unspecified atom stereocenters. The maximum Gasteiger partial charge on any atom is 0.471 e. The first-order valence-electron chi connectivity index (χ1n) is 6.21. The quantitative estimate of drug-likeness (QED) is 0.912. The Morgan fingerprint density at radius 1 is 0.818 bits per heavy atom. The maximum absolute atomic E-state index is 12.2. The van der Waals surface area contributed by atoms with E-state index in [0.29, 0.717) is 5.56 Å². The lowest BCUT2D eigenvalue weighted by molar-refractivity contribution is -0.167. The summed E-state index contributed by atoms with van der Waals surface area (Å²) < 4.78 is 36.6. The Hall–Kier alpha value is -2.83. The fraction of sp³-hybridized carbons (Fsp3) is 0.0667. The topological polar surface area (TPSA) is 58.2 Å². The summed E-state index contributed by atoms with van der Waals surface area (Å²) in [6.45, 7) is 0. The molecule has 0 radical (unpaired) electrons. The molecule has 7 heteroatoms. The molecular weight excluding hydrogens is 297 g/mol. The molecule has 0 bridgehead atoms. The van der Waals surface area contributed by atoms with Crippen LogP contribution in [-0.2, 0) is 4.79 Å². The Bertz CT molecular complexity index is 685. The Kier molecular flexibility index (Phi) is 4.45. The molecule has 0 saturated carbocycles. The van der Waals surface area contributed by atoms with Crippen LogP contribution in [0.3, 0.4) is 0 Å². The van der Waals surface area contributed by atoms with Crippen LogP contribution in [0.2, 0.25) is 0 Å². The molecule has 0 saturated heterocycles. The van der Waals surface area contributed by atoms with Gasteiger partial charge in [-0.15, -0.1) is 0 Å². The Labute approximate surface area is 124 Å². The first-order chi connectivity index (χ1) is 10.4. The van der Waals surface area contributed by atoms with Crippen molar-refractivity contribution in [1.82, 2.24) is 0 Å². The lowest BCUT2D eigenvalue weighted by Crippen LogP contribution is -2.29. The van der Waals surface area contributed by atoms with Gasteiger partial charge in [0.2, 0.25) is 0 Å². The van der Waals surface area contributed by atoms with Crippen molar-refractivity contribution in [3.63, 3.8) is 0 Å². The van der Waals surface area contributed by atoms with E-state index in [2.05, 4.69) is 5.32 Å². The van der Waals surface area contributed by atoms with Gasteiger partial charge in [0, 0.05) is 16.9 Å². The van der Waals surface area contributed by atoms with E-state index < -0.39 is 18.0 Å². The number of carbonyl (C=O) groups excluding carboxylic acids is 2. The average Bonchev–Trinajstić information content (AvgIpc) is 2.47. The van der Waals surface area contributed by atoms with Crippen LogP contribution in [0.15, 0.2) is 54.6 Å². The van der Waals surface area contributed by atoms with Crippen molar-refractivity contribution in [2.24, 2.45) is 0 Å². The van der Waals surface area contributed by atoms with E-state index in [1.807, 2.05) is 0 Å². The molecule has 0 aliphatic rings. The van der Waals surface area contributed by atoms with Gasteiger partial charge in [0.05, 0.1) is 0 Å². The first-order valence-corrected chi connectivity index (χ1v) is 6.21. The zero-order chi connectivity index (χ0) is 16.2. The van der Waals surface area contributed by atoms with Crippen LogP contribution in [-0.4, -0.2) is 18.0 Å². The Balaban J connectivity index is 2.09. The first kappa shape index (κ1) is 15.6. The van der Waals surface area contributed by atoms with E-state index in [9.17, 15) is 22.8 Å². The van der Waals surface area contributed by atoms with Gasteiger partial charge in [-0.25, -0.2) is 0 Å². The number of hydrogen-bond donors (Lipinski definition) is 2. The van der Waals surface area contributed by atoms with E-state index in [-0.39, 0.29) is 11.4 Å². The minimum absolute atomic E-state index is 0.0619. The number of anilines is 2. The SMILES string of the molecule is O=C(Nc1cccc(NC(=O)C(F)(F)F)c1)c1ccccc1. The van der Waals surface area contributed by atoms with E-state index in [1.165, 1.54) is 24.3 Å². The van der Waals surface area contributed by atoms with E-state index in [0.717, 1.165) is 0 Å². The zero-order valence-electron chi connectivity index (χ0n) is 11.1. The van der Waals surface area contributed by atoms with Gasteiger partial charge in [-0.05, 0) is 30.3 Å². The van der Waals surface area contributed by atoms with Crippen molar-refractivity contribution < 1.29 is 22.8 Å². The lowest BCUT2D eigenvalue weighted by Gasteiger charge is -2.10. The predicted molar refractivity (Wildman–Crippen MR) is 75.5 cm³/mol. The highest BCUT2D eigenvalue weighted by Gasteiger charge is 2.38. The zero-order valence-corrected chi connectivity index (χ0v) is 11.1. The van der Waals surface area contributed by atoms with Crippen LogP contribution in [0.4, 0.5) is 24.5 Å². The molecule has 4 nitrogen and oxygen atoms in total. The molecular formula is C15H11F3N2O2. The van der Waals surface area contributed by atoms with Gasteiger partial charge >= 0.3 is 12.1 Å². The molecule has 0 heterocycles. The molecule has 2 amide bonds. The second kappa shape index (κ2) is 6.30. The molecule has 2 aromatic rings. The van der Waals surface area contributed by atoms with Crippen molar-refractivity contribution >= 4 is 23.2 Å². The molecule has 0 aliphatic carbocycles. The third kappa shape index (κ3) is 4.08. The highest BCUT2D eigenvalue weighted by atomic mass is 19.4. The molecule has 2 aromatic carbocycles. The van der Waals surface area contributed by atoms with Crippen LogP contribution >= 0.6 is 0 Å². The van der Waals surface area contributed by atoms with Crippen LogP contribution < -0.4 is 10.6 Å². The minimum atomic E-state index is -4.97. The van der Waals surface area contributed by atoms with E-state index >= 15 is 0 Å². The summed E-state index contributed by atoms with van der Waals surface area (Å²) in [5.41, 5.74) is 0.620. The molecule has 2 rings (SSSR count). The fourth-order valence-electron chi connectivity index (χ4n) is 1.67.